The fourth-order valence-corrected chi connectivity index (χ4v) is 3.23. The van der Waals surface area contributed by atoms with Gasteiger partial charge in [-0.05, 0) is 38.1 Å². The highest BCUT2D eigenvalue weighted by Crippen LogP contribution is 2.21. The van der Waals surface area contributed by atoms with Crippen molar-refractivity contribution in [2.45, 2.75) is 51.5 Å². The van der Waals surface area contributed by atoms with Crippen molar-refractivity contribution in [3.63, 3.8) is 0 Å². The Balaban J connectivity index is 1.86. The molecule has 114 valence electrons. The number of nitrogens with zero attached hydrogens (tertiary/aromatic N) is 2. The number of rotatable bonds is 4. The number of carbonyl (C=O) groups excluding carboxylic acids is 1. The van der Waals surface area contributed by atoms with Gasteiger partial charge in [0.2, 0.25) is 5.91 Å². The lowest BCUT2D eigenvalue weighted by atomic mass is 9.98. The highest BCUT2D eigenvalue weighted by atomic mass is 16.4. The van der Waals surface area contributed by atoms with Crippen molar-refractivity contribution in [1.82, 2.24) is 9.80 Å². The fourth-order valence-electron chi connectivity index (χ4n) is 3.23. The minimum absolute atomic E-state index is 0.0360. The first-order valence-corrected chi connectivity index (χ1v) is 7.80. The molecule has 0 bridgehead atoms. The van der Waals surface area contributed by atoms with Crippen LogP contribution in [0, 0.1) is 5.92 Å². The van der Waals surface area contributed by atoms with Crippen LogP contribution in [0.2, 0.25) is 0 Å². The van der Waals surface area contributed by atoms with Gasteiger partial charge in [0.25, 0.3) is 0 Å². The molecule has 1 unspecified atom stereocenters. The van der Waals surface area contributed by atoms with E-state index >= 15 is 0 Å². The van der Waals surface area contributed by atoms with Gasteiger partial charge in [0.15, 0.2) is 0 Å². The second-order valence-electron chi connectivity index (χ2n) is 6.28. The lowest BCUT2D eigenvalue weighted by Crippen LogP contribution is -2.49. The summed E-state index contributed by atoms with van der Waals surface area (Å²) in [6, 6.07) is 0.0360. The SMILES string of the molecule is CC1CCN(C(=O)CN2CCCCC2CC(=O)O)CC1. The van der Waals surface area contributed by atoms with Crippen molar-refractivity contribution >= 4 is 11.9 Å². The van der Waals surface area contributed by atoms with E-state index in [0.29, 0.717) is 12.5 Å². The van der Waals surface area contributed by atoms with Crippen molar-refractivity contribution < 1.29 is 14.7 Å². The predicted octanol–water partition coefficient (Wildman–Crippen LogP) is 1.57. The van der Waals surface area contributed by atoms with E-state index in [-0.39, 0.29) is 18.4 Å². The van der Waals surface area contributed by atoms with Gasteiger partial charge in [0.1, 0.15) is 0 Å². The number of carboxylic acid groups (broad SMARTS) is 1. The Kier molecular flexibility index (Phi) is 5.40. The second-order valence-corrected chi connectivity index (χ2v) is 6.28. The number of aliphatic carboxylic acids is 1. The van der Waals surface area contributed by atoms with Crippen molar-refractivity contribution in [2.75, 3.05) is 26.2 Å². The van der Waals surface area contributed by atoms with Gasteiger partial charge in [0.05, 0.1) is 13.0 Å². The van der Waals surface area contributed by atoms with Crippen LogP contribution in [0.15, 0.2) is 0 Å². The van der Waals surface area contributed by atoms with Gasteiger partial charge < -0.3 is 10.0 Å². The third-order valence-corrected chi connectivity index (χ3v) is 4.63. The molecule has 2 fully saturated rings. The maximum absolute atomic E-state index is 12.3. The van der Waals surface area contributed by atoms with E-state index in [1.165, 1.54) is 0 Å². The molecule has 2 saturated heterocycles. The Morgan fingerprint density at radius 2 is 1.80 bits per heavy atom. The van der Waals surface area contributed by atoms with E-state index < -0.39 is 5.97 Å². The molecule has 0 aromatic carbocycles. The normalized spacial score (nSPS) is 25.6. The monoisotopic (exact) mass is 282 g/mol. The molecular formula is C15H26N2O3. The van der Waals surface area contributed by atoms with Crippen LogP contribution in [-0.4, -0.2) is 59.0 Å². The minimum Gasteiger partial charge on any atom is -0.481 e. The van der Waals surface area contributed by atoms with Crippen LogP contribution >= 0.6 is 0 Å². The minimum atomic E-state index is -0.763. The Hall–Kier alpha value is -1.10. The van der Waals surface area contributed by atoms with E-state index in [1.807, 2.05) is 4.90 Å². The fraction of sp³-hybridized carbons (Fsp3) is 0.867. The lowest BCUT2D eigenvalue weighted by molar-refractivity contribution is -0.141. The zero-order chi connectivity index (χ0) is 14.5. The van der Waals surface area contributed by atoms with Crippen LogP contribution in [0.3, 0.4) is 0 Å². The van der Waals surface area contributed by atoms with Crippen molar-refractivity contribution in [2.24, 2.45) is 5.92 Å². The Labute approximate surface area is 120 Å². The average Bonchev–Trinajstić information content (AvgIpc) is 2.41. The first-order valence-electron chi connectivity index (χ1n) is 7.80. The first kappa shape index (κ1) is 15.3. The van der Waals surface area contributed by atoms with Gasteiger partial charge in [-0.1, -0.05) is 13.3 Å². The van der Waals surface area contributed by atoms with E-state index in [2.05, 4.69) is 11.8 Å². The number of hydrogen-bond acceptors (Lipinski definition) is 3. The van der Waals surface area contributed by atoms with Crippen LogP contribution in [0.5, 0.6) is 0 Å². The van der Waals surface area contributed by atoms with Gasteiger partial charge in [-0.25, -0.2) is 0 Å². The van der Waals surface area contributed by atoms with Gasteiger partial charge in [-0.15, -0.1) is 0 Å². The smallest absolute Gasteiger partial charge is 0.304 e. The molecule has 0 saturated carbocycles. The molecule has 1 N–H and O–H groups in total. The molecule has 5 nitrogen and oxygen atoms in total. The number of amides is 1. The molecule has 2 heterocycles. The zero-order valence-electron chi connectivity index (χ0n) is 12.4. The average molecular weight is 282 g/mol. The number of likely N-dealkylation sites (tertiary alicyclic amines) is 2. The number of piperidine rings is 2. The van der Waals surface area contributed by atoms with Crippen molar-refractivity contribution in [3.05, 3.63) is 0 Å². The topological polar surface area (TPSA) is 60.9 Å². The summed E-state index contributed by atoms with van der Waals surface area (Å²) in [6.45, 7) is 5.20. The molecule has 1 atom stereocenters. The van der Waals surface area contributed by atoms with Gasteiger partial charge >= 0.3 is 5.97 Å². The molecule has 0 aromatic heterocycles. The summed E-state index contributed by atoms with van der Waals surface area (Å²) in [5, 5.41) is 8.97. The largest absolute Gasteiger partial charge is 0.481 e. The summed E-state index contributed by atoms with van der Waals surface area (Å²) in [5.74, 6) is 0.129. The standard InChI is InChI=1S/C15H26N2O3/c1-12-5-8-16(9-6-12)14(18)11-17-7-3-2-4-13(17)10-15(19)20/h12-13H,2-11H2,1H3,(H,19,20). The van der Waals surface area contributed by atoms with Crippen molar-refractivity contribution in [3.8, 4) is 0 Å². The highest BCUT2D eigenvalue weighted by Gasteiger charge is 2.28. The summed E-state index contributed by atoms with van der Waals surface area (Å²) < 4.78 is 0. The first-order chi connectivity index (χ1) is 9.56. The van der Waals surface area contributed by atoms with Gasteiger partial charge in [-0.2, -0.15) is 0 Å². The summed E-state index contributed by atoms with van der Waals surface area (Å²) in [4.78, 5) is 27.3. The number of carboxylic acids is 1. The molecule has 0 aliphatic carbocycles. The number of hydrogen-bond donors (Lipinski definition) is 1. The molecule has 0 aromatic rings. The van der Waals surface area contributed by atoms with Gasteiger partial charge in [0, 0.05) is 19.1 Å². The molecule has 1 amide bonds. The maximum atomic E-state index is 12.3. The summed E-state index contributed by atoms with van der Waals surface area (Å²) in [6.07, 6.45) is 5.37. The van der Waals surface area contributed by atoms with Crippen LogP contribution < -0.4 is 0 Å². The summed E-state index contributed by atoms with van der Waals surface area (Å²) in [7, 11) is 0. The Bertz CT molecular complexity index is 351. The predicted molar refractivity (Wildman–Crippen MR) is 76.4 cm³/mol. The molecule has 5 heteroatoms. The van der Waals surface area contributed by atoms with Crippen LogP contribution in [0.4, 0.5) is 0 Å². The maximum Gasteiger partial charge on any atom is 0.304 e. The van der Waals surface area contributed by atoms with Crippen LogP contribution in [0.1, 0.15) is 45.4 Å². The molecule has 0 radical (unpaired) electrons. The molecule has 2 aliphatic rings. The highest BCUT2D eigenvalue weighted by molar-refractivity contribution is 5.78. The van der Waals surface area contributed by atoms with Gasteiger partial charge in [-0.3, -0.25) is 14.5 Å². The van der Waals surface area contributed by atoms with E-state index in [0.717, 1.165) is 51.7 Å². The van der Waals surface area contributed by atoms with E-state index in [9.17, 15) is 9.59 Å². The molecule has 2 rings (SSSR count). The second kappa shape index (κ2) is 7.07. The Morgan fingerprint density at radius 1 is 1.10 bits per heavy atom. The molecular weight excluding hydrogens is 256 g/mol. The summed E-state index contributed by atoms with van der Waals surface area (Å²) >= 11 is 0. The lowest BCUT2D eigenvalue weighted by Gasteiger charge is -2.37. The summed E-state index contributed by atoms with van der Waals surface area (Å²) in [5.41, 5.74) is 0. The van der Waals surface area contributed by atoms with E-state index in [1.54, 1.807) is 0 Å². The third-order valence-electron chi connectivity index (χ3n) is 4.63. The molecule has 2 aliphatic heterocycles. The Morgan fingerprint density at radius 3 is 2.45 bits per heavy atom. The van der Waals surface area contributed by atoms with Crippen molar-refractivity contribution in [1.29, 1.82) is 0 Å². The van der Waals surface area contributed by atoms with Crippen LogP contribution in [-0.2, 0) is 9.59 Å². The number of carbonyl (C=O) groups is 2. The zero-order valence-corrected chi connectivity index (χ0v) is 12.4. The quantitative estimate of drug-likeness (QED) is 0.850. The molecule has 0 spiro atoms. The third kappa shape index (κ3) is 4.20. The molecule has 20 heavy (non-hydrogen) atoms. The van der Waals surface area contributed by atoms with Crippen LogP contribution in [0.25, 0.3) is 0 Å². The van der Waals surface area contributed by atoms with E-state index in [4.69, 9.17) is 5.11 Å².